The van der Waals surface area contributed by atoms with Crippen molar-refractivity contribution in [1.82, 2.24) is 10.2 Å². The third-order valence-corrected chi connectivity index (χ3v) is 3.42. The van der Waals surface area contributed by atoms with Gasteiger partial charge in [-0.25, -0.2) is 13.2 Å². The van der Waals surface area contributed by atoms with Gasteiger partial charge in [-0.05, 0) is 17.7 Å². The minimum absolute atomic E-state index is 0.141. The van der Waals surface area contributed by atoms with Crippen LogP contribution in [0.25, 0.3) is 0 Å². The number of piperazine rings is 1. The summed E-state index contributed by atoms with van der Waals surface area (Å²) < 4.78 is 77.5. The summed E-state index contributed by atoms with van der Waals surface area (Å²) in [5.74, 6) is -1.53. The van der Waals surface area contributed by atoms with Crippen LogP contribution in [0.1, 0.15) is 17.2 Å². The molecule has 1 N–H and O–H groups in total. The van der Waals surface area contributed by atoms with E-state index in [-0.39, 0.29) is 5.56 Å². The highest BCUT2D eigenvalue weighted by atomic mass is 19.4. The van der Waals surface area contributed by atoms with Crippen LogP contribution < -0.4 is 5.32 Å². The lowest BCUT2D eigenvalue weighted by Crippen LogP contribution is -2.46. The first-order chi connectivity index (χ1) is 9.80. The summed E-state index contributed by atoms with van der Waals surface area (Å²) in [6.45, 7) is 1.67. The van der Waals surface area contributed by atoms with Crippen molar-refractivity contribution in [2.24, 2.45) is 0 Å². The molecule has 1 aliphatic rings. The number of alkyl halides is 5. The van der Waals surface area contributed by atoms with Gasteiger partial charge in [0.15, 0.2) is 0 Å². The zero-order chi connectivity index (χ0) is 15.6. The monoisotopic (exact) mass is 312 g/mol. The Bertz CT molecular complexity index is 482. The number of nitrogens with one attached hydrogen (secondary N) is 1. The molecular weight excluding hydrogens is 298 g/mol. The molecule has 1 aromatic rings. The summed E-state index contributed by atoms with van der Waals surface area (Å²) in [6.07, 6.45) is -7.64. The molecule has 0 unspecified atom stereocenters. The van der Waals surface area contributed by atoms with E-state index < -0.39 is 30.0 Å². The highest BCUT2D eigenvalue weighted by Gasteiger charge is 2.36. The minimum Gasteiger partial charge on any atom is -0.314 e. The first-order valence-electron chi connectivity index (χ1n) is 6.40. The lowest BCUT2D eigenvalue weighted by Gasteiger charge is -2.34. The molecule has 1 saturated heterocycles. The fourth-order valence-electron chi connectivity index (χ4n) is 2.42. The van der Waals surface area contributed by atoms with Crippen LogP contribution in [0.4, 0.5) is 26.3 Å². The number of benzene rings is 1. The van der Waals surface area contributed by atoms with Crippen LogP contribution in [0, 0.1) is 5.82 Å². The number of hydrogen-bond acceptors (Lipinski definition) is 2. The summed E-state index contributed by atoms with van der Waals surface area (Å²) in [5.41, 5.74) is -1.59. The van der Waals surface area contributed by atoms with Crippen molar-refractivity contribution in [1.29, 1.82) is 0 Å². The maximum atomic E-state index is 13.5. The molecule has 1 atom stereocenters. The van der Waals surface area contributed by atoms with E-state index in [9.17, 15) is 26.3 Å². The number of nitrogens with zero attached hydrogens (tertiary/aromatic N) is 1. The Balaban J connectivity index is 2.31. The molecule has 0 aliphatic carbocycles. The first-order valence-corrected chi connectivity index (χ1v) is 6.40. The van der Waals surface area contributed by atoms with E-state index in [0.717, 1.165) is 6.07 Å². The van der Waals surface area contributed by atoms with E-state index in [1.54, 1.807) is 0 Å². The molecule has 1 fully saturated rings. The maximum Gasteiger partial charge on any atom is 0.419 e. The average molecular weight is 312 g/mol. The zero-order valence-electron chi connectivity index (χ0n) is 10.9. The van der Waals surface area contributed by atoms with E-state index in [0.29, 0.717) is 38.3 Å². The highest BCUT2D eigenvalue weighted by molar-refractivity contribution is 5.29. The van der Waals surface area contributed by atoms with Crippen molar-refractivity contribution < 1.29 is 26.3 Å². The van der Waals surface area contributed by atoms with Gasteiger partial charge in [-0.15, -0.1) is 0 Å². The SMILES string of the molecule is Fc1cc([C@@H](C(F)F)N2CCNCC2)ccc1C(F)(F)F. The Kier molecular flexibility index (Phi) is 4.77. The largest absolute Gasteiger partial charge is 0.419 e. The normalized spacial score (nSPS) is 19.0. The molecule has 0 amide bonds. The Hall–Kier alpha value is -1.28. The van der Waals surface area contributed by atoms with Gasteiger partial charge in [-0.1, -0.05) is 6.07 Å². The fraction of sp³-hybridized carbons (Fsp3) is 0.538. The Morgan fingerprint density at radius 3 is 2.19 bits per heavy atom. The molecule has 1 heterocycles. The molecule has 0 aromatic heterocycles. The second-order valence-corrected chi connectivity index (χ2v) is 4.80. The van der Waals surface area contributed by atoms with Crippen LogP contribution in [0.5, 0.6) is 0 Å². The summed E-state index contributed by atoms with van der Waals surface area (Å²) >= 11 is 0. The molecular formula is C13H14F6N2. The smallest absolute Gasteiger partial charge is 0.314 e. The molecule has 1 aliphatic heterocycles. The predicted molar refractivity (Wildman–Crippen MR) is 64.6 cm³/mol. The topological polar surface area (TPSA) is 15.3 Å². The van der Waals surface area contributed by atoms with Gasteiger partial charge in [-0.2, -0.15) is 13.2 Å². The quantitative estimate of drug-likeness (QED) is 0.863. The number of hydrogen-bond donors (Lipinski definition) is 1. The Morgan fingerprint density at radius 2 is 1.71 bits per heavy atom. The lowest BCUT2D eigenvalue weighted by atomic mass is 10.0. The average Bonchev–Trinajstić information content (AvgIpc) is 2.38. The van der Waals surface area contributed by atoms with Crippen molar-refractivity contribution in [3.05, 3.63) is 35.1 Å². The van der Waals surface area contributed by atoms with Gasteiger partial charge in [0, 0.05) is 26.2 Å². The predicted octanol–water partition coefficient (Wildman–Crippen LogP) is 3.06. The first kappa shape index (κ1) is 16.1. The second-order valence-electron chi connectivity index (χ2n) is 4.80. The van der Waals surface area contributed by atoms with Gasteiger partial charge in [0.2, 0.25) is 0 Å². The van der Waals surface area contributed by atoms with Gasteiger partial charge in [0.1, 0.15) is 5.82 Å². The molecule has 21 heavy (non-hydrogen) atoms. The molecule has 0 bridgehead atoms. The van der Waals surface area contributed by atoms with Gasteiger partial charge in [-0.3, -0.25) is 4.90 Å². The Labute approximate surface area is 117 Å². The molecule has 1 aromatic carbocycles. The summed E-state index contributed by atoms with van der Waals surface area (Å²) in [6, 6.07) is 0.596. The number of halogens is 6. The van der Waals surface area contributed by atoms with E-state index in [1.807, 2.05) is 0 Å². The van der Waals surface area contributed by atoms with Crippen molar-refractivity contribution in [3.8, 4) is 0 Å². The van der Waals surface area contributed by atoms with Gasteiger partial charge in [0.05, 0.1) is 11.6 Å². The summed E-state index contributed by atoms with van der Waals surface area (Å²) in [5, 5.41) is 2.99. The van der Waals surface area contributed by atoms with Crippen molar-refractivity contribution in [2.75, 3.05) is 26.2 Å². The van der Waals surface area contributed by atoms with E-state index in [2.05, 4.69) is 5.32 Å². The van der Waals surface area contributed by atoms with E-state index in [4.69, 9.17) is 0 Å². The van der Waals surface area contributed by atoms with Crippen LogP contribution in [0.3, 0.4) is 0 Å². The molecule has 118 valence electrons. The fourth-order valence-corrected chi connectivity index (χ4v) is 2.42. The van der Waals surface area contributed by atoms with Crippen molar-refractivity contribution >= 4 is 0 Å². The highest BCUT2D eigenvalue weighted by Crippen LogP contribution is 2.34. The third kappa shape index (κ3) is 3.68. The summed E-state index contributed by atoms with van der Waals surface area (Å²) in [7, 11) is 0. The molecule has 0 spiro atoms. The van der Waals surface area contributed by atoms with Gasteiger partial charge >= 0.3 is 6.18 Å². The lowest BCUT2D eigenvalue weighted by molar-refractivity contribution is -0.140. The van der Waals surface area contributed by atoms with Crippen molar-refractivity contribution in [3.63, 3.8) is 0 Å². The Morgan fingerprint density at radius 1 is 1.10 bits per heavy atom. The van der Waals surface area contributed by atoms with Crippen LogP contribution >= 0.6 is 0 Å². The molecule has 0 saturated carbocycles. The van der Waals surface area contributed by atoms with E-state index in [1.165, 1.54) is 4.90 Å². The maximum absolute atomic E-state index is 13.5. The minimum atomic E-state index is -4.84. The molecule has 0 radical (unpaired) electrons. The second kappa shape index (κ2) is 6.23. The molecule has 8 heteroatoms. The summed E-state index contributed by atoms with van der Waals surface area (Å²) in [4.78, 5) is 1.45. The van der Waals surface area contributed by atoms with E-state index >= 15 is 0 Å². The third-order valence-electron chi connectivity index (χ3n) is 3.42. The standard InChI is InChI=1S/C13H14F6N2/c14-10-7-8(1-2-9(10)13(17,18)19)11(12(15)16)21-5-3-20-4-6-21/h1-2,7,11-12,20H,3-6H2/t11-/m0/s1. The van der Waals surface area contributed by atoms with Crippen LogP contribution in [0.2, 0.25) is 0 Å². The van der Waals surface area contributed by atoms with Gasteiger partial charge in [0.25, 0.3) is 6.43 Å². The number of rotatable bonds is 3. The van der Waals surface area contributed by atoms with Crippen molar-refractivity contribution in [2.45, 2.75) is 18.6 Å². The van der Waals surface area contributed by atoms with Gasteiger partial charge < -0.3 is 5.32 Å². The van der Waals surface area contributed by atoms with Crippen LogP contribution in [0.15, 0.2) is 18.2 Å². The molecule has 2 rings (SSSR count). The zero-order valence-corrected chi connectivity index (χ0v) is 10.9. The van der Waals surface area contributed by atoms with Crippen LogP contribution in [-0.4, -0.2) is 37.5 Å². The van der Waals surface area contributed by atoms with Crippen LogP contribution in [-0.2, 0) is 6.18 Å². The molecule has 2 nitrogen and oxygen atoms in total.